The molecule has 72 valence electrons. The molecule has 0 atom stereocenters. The van der Waals surface area contributed by atoms with Gasteiger partial charge in [0.05, 0.1) is 16.7 Å². The minimum atomic E-state index is 0.346. The van der Waals surface area contributed by atoms with Gasteiger partial charge in [0.15, 0.2) is 0 Å². The Bertz CT molecular complexity index is 379. The smallest absolute Gasteiger partial charge is 0.121 e. The molecule has 14 heavy (non-hydrogen) atoms. The Morgan fingerprint density at radius 1 is 1.43 bits per heavy atom. The van der Waals surface area contributed by atoms with Gasteiger partial charge in [-0.05, 0) is 31.4 Å². The highest BCUT2D eigenvalue weighted by Crippen LogP contribution is 2.27. The van der Waals surface area contributed by atoms with Gasteiger partial charge in [-0.15, -0.1) is 0 Å². The van der Waals surface area contributed by atoms with E-state index < -0.39 is 0 Å². The fourth-order valence-electron chi connectivity index (χ4n) is 1.34. The zero-order valence-electron chi connectivity index (χ0n) is 7.66. The maximum Gasteiger partial charge on any atom is 0.121 e. The first kappa shape index (κ1) is 9.36. The average Bonchev–Trinajstić information content (AvgIpc) is 2.12. The van der Waals surface area contributed by atoms with Crippen LogP contribution in [0.5, 0.6) is 5.75 Å². The van der Waals surface area contributed by atoms with Crippen LogP contribution >= 0.6 is 11.6 Å². The lowest BCUT2D eigenvalue weighted by molar-refractivity contribution is 0.120. The monoisotopic (exact) mass is 207 g/mol. The van der Waals surface area contributed by atoms with Crippen molar-refractivity contribution >= 4 is 11.6 Å². The van der Waals surface area contributed by atoms with E-state index in [1.165, 1.54) is 6.42 Å². The van der Waals surface area contributed by atoms with E-state index in [1.807, 2.05) is 6.07 Å². The molecule has 0 heterocycles. The van der Waals surface area contributed by atoms with Gasteiger partial charge in [0.25, 0.3) is 0 Å². The maximum atomic E-state index is 8.67. The van der Waals surface area contributed by atoms with Crippen molar-refractivity contribution in [2.24, 2.45) is 0 Å². The molecule has 2 nitrogen and oxygen atoms in total. The molecule has 1 aliphatic carbocycles. The van der Waals surface area contributed by atoms with E-state index in [-0.39, 0.29) is 0 Å². The maximum absolute atomic E-state index is 8.67. The largest absolute Gasteiger partial charge is 0.490 e. The zero-order chi connectivity index (χ0) is 9.97. The highest BCUT2D eigenvalue weighted by Gasteiger charge is 2.19. The van der Waals surface area contributed by atoms with Crippen LogP contribution in [0.3, 0.4) is 0 Å². The van der Waals surface area contributed by atoms with Crippen molar-refractivity contribution in [1.82, 2.24) is 0 Å². The lowest BCUT2D eigenvalue weighted by Crippen LogP contribution is -2.24. The Hall–Kier alpha value is -1.20. The lowest BCUT2D eigenvalue weighted by atomic mass is 9.96. The third-order valence-electron chi connectivity index (χ3n) is 2.42. The molecule has 1 saturated carbocycles. The Morgan fingerprint density at radius 2 is 2.21 bits per heavy atom. The Labute approximate surface area is 88.1 Å². The van der Waals surface area contributed by atoms with Crippen LogP contribution in [-0.2, 0) is 0 Å². The summed E-state index contributed by atoms with van der Waals surface area (Å²) >= 11 is 5.87. The molecule has 0 saturated heterocycles. The molecular formula is C11H10ClNO. The molecule has 1 fully saturated rings. The van der Waals surface area contributed by atoms with Crippen LogP contribution in [0.25, 0.3) is 0 Å². The van der Waals surface area contributed by atoms with Crippen LogP contribution in [0, 0.1) is 11.3 Å². The summed E-state index contributed by atoms with van der Waals surface area (Å²) in [5.74, 6) is 0.763. The number of hydrogen-bond donors (Lipinski definition) is 0. The number of nitriles is 1. The van der Waals surface area contributed by atoms with E-state index in [1.54, 1.807) is 18.2 Å². The number of nitrogens with zero attached hydrogens (tertiary/aromatic N) is 1. The average molecular weight is 208 g/mol. The molecule has 1 aromatic rings. The van der Waals surface area contributed by atoms with Gasteiger partial charge in [-0.1, -0.05) is 11.6 Å². The molecular weight excluding hydrogens is 198 g/mol. The molecule has 3 heteroatoms. The predicted octanol–water partition coefficient (Wildman–Crippen LogP) is 3.14. The summed E-state index contributed by atoms with van der Waals surface area (Å²) in [6.07, 6.45) is 3.84. The van der Waals surface area contributed by atoms with Crippen LogP contribution in [0.4, 0.5) is 0 Å². The van der Waals surface area contributed by atoms with Crippen LogP contribution in [0.1, 0.15) is 24.8 Å². The van der Waals surface area contributed by atoms with E-state index in [2.05, 4.69) is 0 Å². The summed E-state index contributed by atoms with van der Waals surface area (Å²) in [5.41, 5.74) is 0.493. The molecule has 0 N–H and O–H groups in total. The van der Waals surface area contributed by atoms with E-state index in [0.29, 0.717) is 16.7 Å². The van der Waals surface area contributed by atoms with E-state index in [4.69, 9.17) is 21.6 Å². The molecule has 0 spiro atoms. The van der Waals surface area contributed by atoms with Crippen molar-refractivity contribution in [3.63, 3.8) is 0 Å². The quantitative estimate of drug-likeness (QED) is 0.747. The Balaban J connectivity index is 2.12. The first-order chi connectivity index (χ1) is 6.79. The van der Waals surface area contributed by atoms with Crippen molar-refractivity contribution in [2.75, 3.05) is 0 Å². The topological polar surface area (TPSA) is 33.0 Å². The summed E-state index contributed by atoms with van der Waals surface area (Å²) in [6, 6.07) is 7.21. The van der Waals surface area contributed by atoms with E-state index >= 15 is 0 Å². The fourth-order valence-corrected chi connectivity index (χ4v) is 1.55. The molecule has 2 rings (SSSR count). The van der Waals surface area contributed by atoms with Gasteiger partial charge in [-0.2, -0.15) is 5.26 Å². The highest BCUT2D eigenvalue weighted by molar-refractivity contribution is 6.31. The molecule has 1 aliphatic rings. The summed E-state index contributed by atoms with van der Waals surface area (Å²) < 4.78 is 5.64. The lowest BCUT2D eigenvalue weighted by Gasteiger charge is -2.26. The highest BCUT2D eigenvalue weighted by atomic mass is 35.5. The van der Waals surface area contributed by atoms with Crippen molar-refractivity contribution in [3.8, 4) is 11.8 Å². The number of rotatable bonds is 2. The third-order valence-corrected chi connectivity index (χ3v) is 2.73. The van der Waals surface area contributed by atoms with Crippen molar-refractivity contribution in [3.05, 3.63) is 28.8 Å². The zero-order valence-corrected chi connectivity index (χ0v) is 8.42. The number of ether oxygens (including phenoxy) is 1. The van der Waals surface area contributed by atoms with Gasteiger partial charge in [-0.25, -0.2) is 0 Å². The number of halogens is 1. The van der Waals surface area contributed by atoms with Gasteiger partial charge in [-0.3, -0.25) is 0 Å². The number of hydrogen-bond acceptors (Lipinski definition) is 2. The van der Waals surface area contributed by atoms with Crippen molar-refractivity contribution in [1.29, 1.82) is 5.26 Å². The van der Waals surface area contributed by atoms with Gasteiger partial charge >= 0.3 is 0 Å². The Morgan fingerprint density at radius 3 is 2.71 bits per heavy atom. The predicted molar refractivity (Wildman–Crippen MR) is 54.4 cm³/mol. The second-order valence-corrected chi connectivity index (χ2v) is 3.83. The van der Waals surface area contributed by atoms with Gasteiger partial charge in [0.1, 0.15) is 11.8 Å². The summed E-state index contributed by atoms with van der Waals surface area (Å²) in [6.45, 7) is 0. The van der Waals surface area contributed by atoms with Crippen LogP contribution < -0.4 is 4.74 Å². The van der Waals surface area contributed by atoms with Crippen molar-refractivity contribution in [2.45, 2.75) is 25.4 Å². The van der Waals surface area contributed by atoms with Crippen LogP contribution in [-0.4, -0.2) is 6.10 Å². The molecule has 0 aliphatic heterocycles. The Kier molecular flexibility index (Phi) is 2.60. The minimum Gasteiger partial charge on any atom is -0.490 e. The molecule has 0 radical (unpaired) electrons. The SMILES string of the molecule is N#Cc1ccc(OC2CCC2)cc1Cl. The third kappa shape index (κ3) is 1.83. The molecule has 0 amide bonds. The van der Waals surface area contributed by atoms with Crippen LogP contribution in [0.2, 0.25) is 5.02 Å². The summed E-state index contributed by atoms with van der Waals surface area (Å²) in [7, 11) is 0. The van der Waals surface area contributed by atoms with Gasteiger partial charge < -0.3 is 4.74 Å². The summed E-state index contributed by atoms with van der Waals surface area (Å²) in [5, 5.41) is 9.14. The number of benzene rings is 1. The van der Waals surface area contributed by atoms with E-state index in [9.17, 15) is 0 Å². The second kappa shape index (κ2) is 3.89. The van der Waals surface area contributed by atoms with Crippen molar-refractivity contribution < 1.29 is 4.74 Å². The van der Waals surface area contributed by atoms with Gasteiger partial charge in [0, 0.05) is 6.07 Å². The molecule has 0 aromatic heterocycles. The van der Waals surface area contributed by atoms with Gasteiger partial charge in [0.2, 0.25) is 0 Å². The normalized spacial score (nSPS) is 15.7. The summed E-state index contributed by atoms with van der Waals surface area (Å²) in [4.78, 5) is 0. The first-order valence-corrected chi connectivity index (χ1v) is 5.03. The molecule has 0 unspecified atom stereocenters. The fraction of sp³-hybridized carbons (Fsp3) is 0.364. The standard InChI is InChI=1S/C11H10ClNO/c12-11-6-10(5-4-8(11)7-13)14-9-2-1-3-9/h4-6,9H,1-3H2. The molecule has 1 aromatic carbocycles. The second-order valence-electron chi connectivity index (χ2n) is 3.42. The van der Waals surface area contributed by atoms with E-state index in [0.717, 1.165) is 18.6 Å². The minimum absolute atomic E-state index is 0.346. The van der Waals surface area contributed by atoms with Crippen LogP contribution in [0.15, 0.2) is 18.2 Å². The molecule has 0 bridgehead atoms. The first-order valence-electron chi connectivity index (χ1n) is 4.66.